The number of rotatable bonds is 1. The van der Waals surface area contributed by atoms with Gasteiger partial charge in [0.15, 0.2) is 0 Å². The van der Waals surface area contributed by atoms with E-state index in [0.29, 0.717) is 5.02 Å². The van der Waals surface area contributed by atoms with Gasteiger partial charge in [-0.1, -0.05) is 0 Å². The van der Waals surface area contributed by atoms with Crippen LogP contribution in [-0.2, 0) is 0 Å². The van der Waals surface area contributed by atoms with Crippen LogP contribution in [0.3, 0.4) is 0 Å². The Labute approximate surface area is 119 Å². The summed E-state index contributed by atoms with van der Waals surface area (Å²) in [4.78, 5) is 4.51. The molecule has 0 unspecified atom stereocenters. The molecular weight excluding hydrogens is 309 g/mol. The molecule has 0 saturated heterocycles. The Kier molecular flexibility index (Phi) is 3.09. The number of nitrogens with zero attached hydrogens (tertiary/aromatic N) is 1. The SMILES string of the molecule is Clc1ccc2c(-c3ccccc3)cc([SeH])nc2c1. The van der Waals surface area contributed by atoms with E-state index in [1.165, 1.54) is 11.1 Å². The van der Waals surface area contributed by atoms with E-state index in [1.54, 1.807) is 0 Å². The Morgan fingerprint density at radius 3 is 2.50 bits per heavy atom. The van der Waals surface area contributed by atoms with Crippen LogP contribution < -0.4 is 4.59 Å². The second kappa shape index (κ2) is 4.73. The molecule has 3 rings (SSSR count). The van der Waals surface area contributed by atoms with E-state index in [1.807, 2.05) is 36.4 Å². The standard InChI is InChI=1S/C15H10ClNSe/c16-11-6-7-12-13(10-4-2-1-3-5-10)9-15(18)17-14(12)8-11/h1-9H,(H,17,18). The van der Waals surface area contributed by atoms with Gasteiger partial charge in [0.1, 0.15) is 0 Å². The van der Waals surface area contributed by atoms with E-state index < -0.39 is 0 Å². The average molecular weight is 319 g/mol. The van der Waals surface area contributed by atoms with Crippen LogP contribution in [0.4, 0.5) is 0 Å². The molecule has 0 aliphatic rings. The van der Waals surface area contributed by atoms with Gasteiger partial charge in [-0.25, -0.2) is 0 Å². The van der Waals surface area contributed by atoms with Crippen LogP contribution in [-0.4, -0.2) is 21.0 Å². The Morgan fingerprint density at radius 1 is 0.944 bits per heavy atom. The van der Waals surface area contributed by atoms with Crippen LogP contribution in [0.5, 0.6) is 0 Å². The van der Waals surface area contributed by atoms with Gasteiger partial charge in [-0.05, 0) is 0 Å². The van der Waals surface area contributed by atoms with Gasteiger partial charge in [0.2, 0.25) is 0 Å². The molecule has 0 radical (unpaired) electrons. The van der Waals surface area contributed by atoms with Gasteiger partial charge < -0.3 is 0 Å². The molecule has 0 fully saturated rings. The summed E-state index contributed by atoms with van der Waals surface area (Å²) in [6.07, 6.45) is 0. The van der Waals surface area contributed by atoms with Crippen LogP contribution in [0.2, 0.25) is 5.02 Å². The summed E-state index contributed by atoms with van der Waals surface area (Å²) in [5.41, 5.74) is 3.31. The molecule has 0 aliphatic carbocycles. The third kappa shape index (κ3) is 2.15. The van der Waals surface area contributed by atoms with Crippen molar-refractivity contribution in [2.24, 2.45) is 0 Å². The predicted molar refractivity (Wildman–Crippen MR) is 79.0 cm³/mol. The monoisotopic (exact) mass is 319 g/mol. The van der Waals surface area contributed by atoms with Crippen LogP contribution in [0, 0.1) is 0 Å². The number of pyridine rings is 1. The Hall–Kier alpha value is -1.34. The number of hydrogen-bond acceptors (Lipinski definition) is 1. The molecule has 0 atom stereocenters. The summed E-state index contributed by atoms with van der Waals surface area (Å²) in [5, 5.41) is 1.84. The van der Waals surface area contributed by atoms with Gasteiger partial charge in [-0.2, -0.15) is 0 Å². The fourth-order valence-electron chi connectivity index (χ4n) is 2.04. The zero-order valence-electron chi connectivity index (χ0n) is 9.47. The van der Waals surface area contributed by atoms with E-state index in [0.717, 1.165) is 15.5 Å². The molecule has 1 aromatic heterocycles. The molecule has 0 spiro atoms. The number of benzene rings is 2. The molecule has 0 aliphatic heterocycles. The summed E-state index contributed by atoms with van der Waals surface area (Å²) in [7, 11) is 0. The molecule has 3 aromatic rings. The van der Waals surface area contributed by atoms with Crippen LogP contribution in [0.25, 0.3) is 22.0 Å². The summed E-state index contributed by atoms with van der Waals surface area (Å²) >= 11 is 8.51. The molecule has 88 valence electrons. The number of aromatic nitrogens is 1. The second-order valence-electron chi connectivity index (χ2n) is 4.06. The van der Waals surface area contributed by atoms with Crippen LogP contribution in [0.1, 0.15) is 0 Å². The zero-order chi connectivity index (χ0) is 12.5. The minimum atomic E-state index is 0.715. The van der Waals surface area contributed by atoms with Crippen molar-refractivity contribution in [2.75, 3.05) is 0 Å². The van der Waals surface area contributed by atoms with Crippen molar-refractivity contribution in [3.05, 3.63) is 59.6 Å². The molecule has 1 heterocycles. The number of hydrogen-bond donors (Lipinski definition) is 0. The molecule has 0 amide bonds. The van der Waals surface area contributed by atoms with Gasteiger partial charge in [0, 0.05) is 0 Å². The maximum atomic E-state index is 6.02. The average Bonchev–Trinajstić information content (AvgIpc) is 2.38. The Bertz CT molecular complexity index is 705. The zero-order valence-corrected chi connectivity index (χ0v) is 12.1. The molecule has 18 heavy (non-hydrogen) atoms. The van der Waals surface area contributed by atoms with Gasteiger partial charge >= 0.3 is 119 Å². The summed E-state index contributed by atoms with van der Waals surface area (Å²) in [5.74, 6) is 0. The van der Waals surface area contributed by atoms with Crippen molar-refractivity contribution < 1.29 is 0 Å². The topological polar surface area (TPSA) is 12.9 Å². The summed E-state index contributed by atoms with van der Waals surface area (Å²) < 4.78 is 0.941. The quantitative estimate of drug-likeness (QED) is 0.628. The molecule has 0 bridgehead atoms. The first-order valence-corrected chi connectivity index (χ1v) is 6.90. The minimum absolute atomic E-state index is 0.715. The molecule has 0 N–H and O–H groups in total. The number of fused-ring (bicyclic) bond motifs is 1. The Morgan fingerprint density at radius 2 is 1.72 bits per heavy atom. The van der Waals surface area contributed by atoms with E-state index in [2.05, 4.69) is 39.2 Å². The fourth-order valence-corrected chi connectivity index (χ4v) is 2.71. The third-order valence-electron chi connectivity index (χ3n) is 2.84. The normalized spacial score (nSPS) is 10.8. The first kappa shape index (κ1) is 11.7. The van der Waals surface area contributed by atoms with Crippen LogP contribution in [0.15, 0.2) is 54.6 Å². The van der Waals surface area contributed by atoms with Crippen molar-refractivity contribution in [1.82, 2.24) is 4.98 Å². The molecule has 2 aromatic carbocycles. The molecule has 1 nitrogen and oxygen atoms in total. The van der Waals surface area contributed by atoms with Gasteiger partial charge in [0.25, 0.3) is 0 Å². The van der Waals surface area contributed by atoms with Gasteiger partial charge in [-0.3, -0.25) is 0 Å². The molecule has 3 heteroatoms. The van der Waals surface area contributed by atoms with E-state index >= 15 is 0 Å². The van der Waals surface area contributed by atoms with Crippen molar-refractivity contribution in [3.8, 4) is 11.1 Å². The molecular formula is C15H10ClNSe. The van der Waals surface area contributed by atoms with E-state index in [4.69, 9.17) is 11.6 Å². The number of halogens is 1. The predicted octanol–water partition coefficient (Wildman–Crippen LogP) is 3.08. The van der Waals surface area contributed by atoms with Crippen molar-refractivity contribution in [1.29, 1.82) is 0 Å². The van der Waals surface area contributed by atoms with Crippen LogP contribution >= 0.6 is 11.6 Å². The summed E-state index contributed by atoms with van der Waals surface area (Å²) in [6.45, 7) is 0. The molecule has 0 saturated carbocycles. The Balaban J connectivity index is 2.35. The summed E-state index contributed by atoms with van der Waals surface area (Å²) in [6, 6.07) is 18.2. The third-order valence-corrected chi connectivity index (χ3v) is 3.56. The second-order valence-corrected chi connectivity index (χ2v) is 5.45. The van der Waals surface area contributed by atoms with Gasteiger partial charge in [0.05, 0.1) is 0 Å². The first-order chi connectivity index (χ1) is 8.74. The van der Waals surface area contributed by atoms with Gasteiger partial charge in [-0.15, -0.1) is 0 Å². The van der Waals surface area contributed by atoms with E-state index in [9.17, 15) is 0 Å². The first-order valence-electron chi connectivity index (χ1n) is 5.59. The fraction of sp³-hybridized carbons (Fsp3) is 0. The van der Waals surface area contributed by atoms with Crippen molar-refractivity contribution in [3.63, 3.8) is 0 Å². The van der Waals surface area contributed by atoms with Crippen molar-refractivity contribution in [2.45, 2.75) is 0 Å². The van der Waals surface area contributed by atoms with E-state index in [-0.39, 0.29) is 0 Å². The van der Waals surface area contributed by atoms with Crippen molar-refractivity contribution >= 4 is 43.1 Å². The maximum absolute atomic E-state index is 6.02.